The molecule has 110 valence electrons. The van der Waals surface area contributed by atoms with Gasteiger partial charge in [-0.05, 0) is 44.2 Å². The highest BCUT2D eigenvalue weighted by Gasteiger charge is 2.45. The molecule has 0 aliphatic heterocycles. The monoisotopic (exact) mass is 271 g/mol. The quantitative estimate of drug-likeness (QED) is 0.839. The molecule has 1 nitrogen and oxygen atoms in total. The first kappa shape index (κ1) is 14.1. The van der Waals surface area contributed by atoms with Crippen molar-refractivity contribution in [2.75, 3.05) is 7.05 Å². The van der Waals surface area contributed by atoms with Crippen LogP contribution < -0.4 is 5.32 Å². The Hall–Kier alpha value is -0.820. The van der Waals surface area contributed by atoms with Gasteiger partial charge >= 0.3 is 0 Å². The summed E-state index contributed by atoms with van der Waals surface area (Å²) in [5.74, 6) is 0.882. The molecule has 1 unspecified atom stereocenters. The lowest BCUT2D eigenvalue weighted by Crippen LogP contribution is -2.50. The SMILES string of the molecule is CNC(C1CCCCC1)C1(c2ccccc2)CCCC1. The molecular weight excluding hydrogens is 242 g/mol. The van der Waals surface area contributed by atoms with Crippen LogP contribution in [0.3, 0.4) is 0 Å². The van der Waals surface area contributed by atoms with Crippen molar-refractivity contribution < 1.29 is 0 Å². The highest BCUT2D eigenvalue weighted by molar-refractivity contribution is 5.29. The molecule has 0 saturated heterocycles. The maximum Gasteiger partial charge on any atom is 0.0189 e. The zero-order chi connectivity index (χ0) is 13.8. The summed E-state index contributed by atoms with van der Waals surface area (Å²) >= 11 is 0. The molecule has 1 atom stereocenters. The molecule has 1 aromatic carbocycles. The summed E-state index contributed by atoms with van der Waals surface area (Å²) in [7, 11) is 2.20. The summed E-state index contributed by atoms with van der Waals surface area (Å²) in [6, 6.07) is 12.0. The van der Waals surface area contributed by atoms with E-state index in [1.54, 1.807) is 5.56 Å². The first-order chi connectivity index (χ1) is 9.87. The van der Waals surface area contributed by atoms with Gasteiger partial charge in [-0.15, -0.1) is 0 Å². The zero-order valence-electron chi connectivity index (χ0n) is 12.9. The van der Waals surface area contributed by atoms with E-state index < -0.39 is 0 Å². The Morgan fingerprint density at radius 2 is 1.60 bits per heavy atom. The van der Waals surface area contributed by atoms with E-state index >= 15 is 0 Å². The van der Waals surface area contributed by atoms with Gasteiger partial charge < -0.3 is 5.32 Å². The third kappa shape index (κ3) is 2.53. The van der Waals surface area contributed by atoms with Crippen LogP contribution in [0.15, 0.2) is 30.3 Å². The number of nitrogens with one attached hydrogen (secondary N) is 1. The smallest absolute Gasteiger partial charge is 0.0189 e. The van der Waals surface area contributed by atoms with E-state index in [1.165, 1.54) is 57.8 Å². The predicted octanol–water partition coefficient (Wildman–Crippen LogP) is 4.67. The molecule has 2 fully saturated rings. The minimum atomic E-state index is 0.401. The number of hydrogen-bond donors (Lipinski definition) is 1. The van der Waals surface area contributed by atoms with Gasteiger partial charge in [-0.2, -0.15) is 0 Å². The molecule has 2 aliphatic carbocycles. The standard InChI is InChI=1S/C19H29N/c1-20-18(16-10-4-2-5-11-16)19(14-8-9-15-19)17-12-6-3-7-13-17/h3,6-7,12-13,16,18,20H,2,4-5,8-11,14-15H2,1H3. The predicted molar refractivity (Wildman–Crippen MR) is 86.0 cm³/mol. The average molecular weight is 271 g/mol. The van der Waals surface area contributed by atoms with Crippen molar-refractivity contribution in [1.29, 1.82) is 0 Å². The molecule has 0 aromatic heterocycles. The number of likely N-dealkylation sites (N-methyl/N-ethyl adjacent to an activating group) is 1. The van der Waals surface area contributed by atoms with E-state index in [1.807, 2.05) is 0 Å². The van der Waals surface area contributed by atoms with Gasteiger partial charge in [-0.3, -0.25) is 0 Å². The normalized spacial score (nSPS) is 24.6. The van der Waals surface area contributed by atoms with Gasteiger partial charge in [0.05, 0.1) is 0 Å². The highest BCUT2D eigenvalue weighted by atomic mass is 14.9. The number of benzene rings is 1. The van der Waals surface area contributed by atoms with Crippen LogP contribution in [0.4, 0.5) is 0 Å². The van der Waals surface area contributed by atoms with Gasteiger partial charge in [0.2, 0.25) is 0 Å². The number of hydrogen-bond acceptors (Lipinski definition) is 1. The van der Waals surface area contributed by atoms with Crippen LogP contribution in [0.25, 0.3) is 0 Å². The second kappa shape index (κ2) is 6.30. The Morgan fingerprint density at radius 3 is 2.20 bits per heavy atom. The minimum absolute atomic E-state index is 0.401. The van der Waals surface area contributed by atoms with Gasteiger partial charge in [-0.1, -0.05) is 62.4 Å². The second-order valence-electron chi connectivity index (χ2n) is 6.89. The van der Waals surface area contributed by atoms with Crippen LogP contribution in [-0.4, -0.2) is 13.1 Å². The van der Waals surface area contributed by atoms with Crippen molar-refractivity contribution in [3.63, 3.8) is 0 Å². The third-order valence-electron chi connectivity index (χ3n) is 5.87. The van der Waals surface area contributed by atoms with Gasteiger partial charge in [0.15, 0.2) is 0 Å². The fourth-order valence-corrected chi connectivity index (χ4v) is 4.99. The summed E-state index contributed by atoms with van der Waals surface area (Å²) in [6.45, 7) is 0. The van der Waals surface area contributed by atoms with E-state index in [0.29, 0.717) is 11.5 Å². The minimum Gasteiger partial charge on any atom is -0.316 e. The number of rotatable bonds is 4. The molecule has 20 heavy (non-hydrogen) atoms. The fraction of sp³-hybridized carbons (Fsp3) is 0.684. The summed E-state index contributed by atoms with van der Waals surface area (Å²) < 4.78 is 0. The molecule has 1 N–H and O–H groups in total. The molecule has 2 saturated carbocycles. The van der Waals surface area contributed by atoms with E-state index in [9.17, 15) is 0 Å². The van der Waals surface area contributed by atoms with Crippen LogP contribution in [0.2, 0.25) is 0 Å². The van der Waals surface area contributed by atoms with E-state index in [4.69, 9.17) is 0 Å². The molecule has 0 spiro atoms. The first-order valence-electron chi connectivity index (χ1n) is 8.59. The lowest BCUT2D eigenvalue weighted by atomic mass is 9.65. The Balaban J connectivity index is 1.91. The van der Waals surface area contributed by atoms with E-state index in [0.717, 1.165) is 5.92 Å². The molecule has 0 amide bonds. The Kier molecular flexibility index (Phi) is 4.45. The Bertz CT molecular complexity index is 399. The summed E-state index contributed by atoms with van der Waals surface area (Å²) in [5.41, 5.74) is 1.99. The lowest BCUT2D eigenvalue weighted by Gasteiger charge is -2.44. The second-order valence-corrected chi connectivity index (χ2v) is 6.89. The van der Waals surface area contributed by atoms with Crippen molar-refractivity contribution in [2.45, 2.75) is 69.2 Å². The summed E-state index contributed by atoms with van der Waals surface area (Å²) in [4.78, 5) is 0. The topological polar surface area (TPSA) is 12.0 Å². The van der Waals surface area contributed by atoms with Crippen LogP contribution >= 0.6 is 0 Å². The highest BCUT2D eigenvalue weighted by Crippen LogP contribution is 2.47. The molecular formula is C19H29N. The van der Waals surface area contributed by atoms with Crippen molar-refractivity contribution in [2.24, 2.45) is 5.92 Å². The maximum absolute atomic E-state index is 3.75. The summed E-state index contributed by atoms with van der Waals surface area (Å²) in [6.07, 6.45) is 12.7. The Morgan fingerprint density at radius 1 is 0.950 bits per heavy atom. The van der Waals surface area contributed by atoms with Crippen LogP contribution in [0, 0.1) is 5.92 Å². The molecule has 3 rings (SSSR count). The van der Waals surface area contributed by atoms with Crippen molar-refractivity contribution >= 4 is 0 Å². The fourth-order valence-electron chi connectivity index (χ4n) is 4.99. The zero-order valence-corrected chi connectivity index (χ0v) is 12.9. The summed E-state index contributed by atoms with van der Waals surface area (Å²) in [5, 5.41) is 3.75. The van der Waals surface area contributed by atoms with Crippen LogP contribution in [-0.2, 0) is 5.41 Å². The van der Waals surface area contributed by atoms with Crippen molar-refractivity contribution in [1.82, 2.24) is 5.32 Å². The molecule has 1 heteroatoms. The Labute approximate surface area is 124 Å². The van der Waals surface area contributed by atoms with E-state index in [-0.39, 0.29) is 0 Å². The van der Waals surface area contributed by atoms with E-state index in [2.05, 4.69) is 42.7 Å². The first-order valence-corrected chi connectivity index (χ1v) is 8.59. The van der Waals surface area contributed by atoms with Crippen molar-refractivity contribution in [3.8, 4) is 0 Å². The average Bonchev–Trinajstić information content (AvgIpc) is 3.01. The van der Waals surface area contributed by atoms with Gasteiger partial charge in [0.25, 0.3) is 0 Å². The van der Waals surface area contributed by atoms with Crippen molar-refractivity contribution in [3.05, 3.63) is 35.9 Å². The molecule has 1 aromatic rings. The molecule has 0 bridgehead atoms. The lowest BCUT2D eigenvalue weighted by molar-refractivity contribution is 0.184. The van der Waals surface area contributed by atoms with Gasteiger partial charge in [-0.25, -0.2) is 0 Å². The largest absolute Gasteiger partial charge is 0.316 e. The van der Waals surface area contributed by atoms with Gasteiger partial charge in [0.1, 0.15) is 0 Å². The van der Waals surface area contributed by atoms with Crippen LogP contribution in [0.5, 0.6) is 0 Å². The van der Waals surface area contributed by atoms with Gasteiger partial charge in [0, 0.05) is 11.5 Å². The molecule has 2 aliphatic rings. The van der Waals surface area contributed by atoms with Crippen LogP contribution in [0.1, 0.15) is 63.4 Å². The molecule has 0 heterocycles. The third-order valence-corrected chi connectivity index (χ3v) is 5.87. The maximum atomic E-state index is 3.75. The molecule has 0 radical (unpaired) electrons.